The van der Waals surface area contributed by atoms with E-state index in [2.05, 4.69) is 0 Å². The Labute approximate surface area is 113 Å². The predicted molar refractivity (Wildman–Crippen MR) is 71.5 cm³/mol. The molecule has 1 atom stereocenters. The molecule has 1 heterocycles. The van der Waals surface area contributed by atoms with E-state index in [-0.39, 0.29) is 17.7 Å². The monoisotopic (exact) mass is 261 g/mol. The van der Waals surface area contributed by atoms with Crippen LogP contribution in [0.5, 0.6) is 0 Å². The number of likely N-dealkylation sites (tertiary alicyclic amines) is 1. The Bertz CT molecular complexity index is 444. The topological polar surface area (TPSA) is 46.6 Å². The number of nitrogens with zero attached hydrogens (tertiary/aromatic N) is 1. The van der Waals surface area contributed by atoms with Crippen LogP contribution in [0.15, 0.2) is 30.3 Å². The summed E-state index contributed by atoms with van der Waals surface area (Å²) in [5.41, 5.74) is 1.10. The first-order valence-corrected chi connectivity index (χ1v) is 6.59. The molecule has 1 fully saturated rings. The molecule has 0 aromatic heterocycles. The van der Waals surface area contributed by atoms with E-state index >= 15 is 0 Å². The summed E-state index contributed by atoms with van der Waals surface area (Å²) in [6, 6.07) is 9.83. The van der Waals surface area contributed by atoms with Gasteiger partial charge in [-0.2, -0.15) is 0 Å². The molecule has 0 spiro atoms. The lowest BCUT2D eigenvalue weighted by atomic mass is 9.98. The fraction of sp³-hybridized carbons (Fsp3) is 0.467. The van der Waals surface area contributed by atoms with Crippen LogP contribution in [-0.2, 0) is 20.7 Å². The number of carbonyl (C=O) groups is 2. The van der Waals surface area contributed by atoms with Crippen LogP contribution in [0.4, 0.5) is 0 Å². The maximum Gasteiger partial charge on any atom is 0.233 e. The standard InChI is InChI=1S/C15H19NO3/c1-19-9-5-8-16-14(17)11-13(15(16)18)10-12-6-3-2-4-7-12/h2-4,6-7,13H,5,8-11H2,1H3/t13-/m0/s1. The number of ether oxygens (including phenoxy) is 1. The minimum atomic E-state index is -0.197. The van der Waals surface area contributed by atoms with Crippen molar-refractivity contribution < 1.29 is 14.3 Å². The number of hydrogen-bond acceptors (Lipinski definition) is 3. The highest BCUT2D eigenvalue weighted by atomic mass is 16.5. The molecule has 1 saturated heterocycles. The van der Waals surface area contributed by atoms with Crippen molar-refractivity contribution in [1.29, 1.82) is 0 Å². The molecule has 102 valence electrons. The van der Waals surface area contributed by atoms with E-state index < -0.39 is 0 Å². The van der Waals surface area contributed by atoms with E-state index in [0.717, 1.165) is 5.56 Å². The number of carbonyl (C=O) groups excluding carboxylic acids is 2. The molecule has 1 aliphatic heterocycles. The van der Waals surface area contributed by atoms with Crippen LogP contribution in [-0.4, -0.2) is 37.0 Å². The lowest BCUT2D eigenvalue weighted by Crippen LogP contribution is -2.32. The van der Waals surface area contributed by atoms with E-state index in [1.54, 1.807) is 7.11 Å². The lowest BCUT2D eigenvalue weighted by Gasteiger charge is -2.14. The summed E-state index contributed by atoms with van der Waals surface area (Å²) in [5, 5.41) is 0. The zero-order chi connectivity index (χ0) is 13.7. The summed E-state index contributed by atoms with van der Waals surface area (Å²) in [6.45, 7) is 1.04. The Morgan fingerprint density at radius 2 is 2.00 bits per heavy atom. The van der Waals surface area contributed by atoms with Crippen molar-refractivity contribution in [3.63, 3.8) is 0 Å². The Balaban J connectivity index is 1.94. The second-order valence-electron chi connectivity index (χ2n) is 4.82. The molecule has 4 nitrogen and oxygen atoms in total. The van der Waals surface area contributed by atoms with Gasteiger partial charge in [-0.25, -0.2) is 0 Å². The van der Waals surface area contributed by atoms with Gasteiger partial charge in [0.25, 0.3) is 0 Å². The number of rotatable bonds is 6. The van der Waals surface area contributed by atoms with Crippen molar-refractivity contribution in [2.24, 2.45) is 5.92 Å². The fourth-order valence-electron chi connectivity index (χ4n) is 2.41. The van der Waals surface area contributed by atoms with Gasteiger partial charge < -0.3 is 4.74 Å². The first-order valence-electron chi connectivity index (χ1n) is 6.59. The molecular formula is C15H19NO3. The molecule has 4 heteroatoms. The second-order valence-corrected chi connectivity index (χ2v) is 4.82. The highest BCUT2D eigenvalue weighted by Crippen LogP contribution is 2.23. The molecule has 1 aliphatic rings. The molecule has 0 bridgehead atoms. The largest absolute Gasteiger partial charge is 0.385 e. The zero-order valence-electron chi connectivity index (χ0n) is 11.2. The van der Waals surface area contributed by atoms with Gasteiger partial charge in [-0.15, -0.1) is 0 Å². The van der Waals surface area contributed by atoms with Crippen LogP contribution < -0.4 is 0 Å². The molecule has 1 aromatic rings. The van der Waals surface area contributed by atoms with Gasteiger partial charge in [0.05, 0.1) is 5.92 Å². The SMILES string of the molecule is COCCCN1C(=O)C[C@H](Cc2ccccc2)C1=O. The van der Waals surface area contributed by atoms with E-state index in [1.807, 2.05) is 30.3 Å². The van der Waals surface area contributed by atoms with Crippen molar-refractivity contribution in [2.75, 3.05) is 20.3 Å². The maximum atomic E-state index is 12.2. The van der Waals surface area contributed by atoms with Gasteiger partial charge in [0, 0.05) is 26.7 Å². The van der Waals surface area contributed by atoms with Gasteiger partial charge >= 0.3 is 0 Å². The minimum Gasteiger partial charge on any atom is -0.385 e. The van der Waals surface area contributed by atoms with E-state index in [0.29, 0.717) is 32.4 Å². The van der Waals surface area contributed by atoms with Gasteiger partial charge in [0.2, 0.25) is 11.8 Å². The molecular weight excluding hydrogens is 242 g/mol. The van der Waals surface area contributed by atoms with Crippen molar-refractivity contribution in [1.82, 2.24) is 4.90 Å². The van der Waals surface area contributed by atoms with E-state index in [9.17, 15) is 9.59 Å². The number of hydrogen-bond donors (Lipinski definition) is 0. The number of methoxy groups -OCH3 is 1. The highest BCUT2D eigenvalue weighted by molar-refractivity contribution is 6.03. The molecule has 0 aliphatic carbocycles. The Morgan fingerprint density at radius 3 is 2.68 bits per heavy atom. The molecule has 0 radical (unpaired) electrons. The number of amides is 2. The van der Waals surface area contributed by atoms with Gasteiger partial charge in [-0.3, -0.25) is 14.5 Å². The van der Waals surface area contributed by atoms with Crippen molar-refractivity contribution in [2.45, 2.75) is 19.3 Å². The normalized spacial score (nSPS) is 19.2. The maximum absolute atomic E-state index is 12.2. The average molecular weight is 261 g/mol. The molecule has 0 saturated carbocycles. The van der Waals surface area contributed by atoms with Crippen molar-refractivity contribution in [3.05, 3.63) is 35.9 Å². The first-order chi connectivity index (χ1) is 9.22. The highest BCUT2D eigenvalue weighted by Gasteiger charge is 2.37. The quantitative estimate of drug-likeness (QED) is 0.577. The molecule has 0 unspecified atom stereocenters. The first kappa shape index (κ1) is 13.7. The Kier molecular flexibility index (Phi) is 4.68. The van der Waals surface area contributed by atoms with Crippen molar-refractivity contribution in [3.8, 4) is 0 Å². The van der Waals surface area contributed by atoms with Crippen molar-refractivity contribution >= 4 is 11.8 Å². The summed E-state index contributed by atoms with van der Waals surface area (Å²) in [7, 11) is 1.62. The fourth-order valence-corrected chi connectivity index (χ4v) is 2.41. The summed E-state index contributed by atoms with van der Waals surface area (Å²) in [4.78, 5) is 25.4. The minimum absolute atomic E-state index is 0.0371. The molecule has 2 amide bonds. The van der Waals surface area contributed by atoms with Gasteiger partial charge in [0.1, 0.15) is 0 Å². The summed E-state index contributed by atoms with van der Waals surface area (Å²) in [5.74, 6) is -0.288. The molecule has 19 heavy (non-hydrogen) atoms. The summed E-state index contributed by atoms with van der Waals surface area (Å²) < 4.78 is 4.95. The van der Waals surface area contributed by atoms with Crippen LogP contribution in [0.3, 0.4) is 0 Å². The third kappa shape index (κ3) is 3.41. The van der Waals surface area contributed by atoms with E-state index in [1.165, 1.54) is 4.90 Å². The third-order valence-electron chi connectivity index (χ3n) is 3.39. The molecule has 1 aromatic carbocycles. The van der Waals surface area contributed by atoms with Gasteiger partial charge in [0.15, 0.2) is 0 Å². The Morgan fingerprint density at radius 1 is 1.26 bits per heavy atom. The van der Waals surface area contributed by atoms with Gasteiger partial charge in [-0.05, 0) is 18.4 Å². The summed E-state index contributed by atoms with van der Waals surface area (Å²) >= 11 is 0. The summed E-state index contributed by atoms with van der Waals surface area (Å²) in [6.07, 6.45) is 1.68. The van der Waals surface area contributed by atoms with Crippen LogP contribution in [0.25, 0.3) is 0 Å². The van der Waals surface area contributed by atoms with Gasteiger partial charge in [-0.1, -0.05) is 30.3 Å². The third-order valence-corrected chi connectivity index (χ3v) is 3.39. The van der Waals surface area contributed by atoms with Crippen LogP contribution in [0.2, 0.25) is 0 Å². The lowest BCUT2D eigenvalue weighted by molar-refractivity contribution is -0.139. The average Bonchev–Trinajstić information content (AvgIpc) is 2.68. The van der Waals surface area contributed by atoms with Crippen LogP contribution >= 0.6 is 0 Å². The molecule has 2 rings (SSSR count). The number of benzene rings is 1. The number of imide groups is 1. The smallest absolute Gasteiger partial charge is 0.233 e. The van der Waals surface area contributed by atoms with Crippen LogP contribution in [0.1, 0.15) is 18.4 Å². The van der Waals surface area contributed by atoms with E-state index in [4.69, 9.17) is 4.74 Å². The molecule has 0 N–H and O–H groups in total. The second kappa shape index (κ2) is 6.48. The zero-order valence-corrected chi connectivity index (χ0v) is 11.2. The Hall–Kier alpha value is -1.68. The predicted octanol–water partition coefficient (Wildman–Crippen LogP) is 1.64. The van der Waals surface area contributed by atoms with Crippen LogP contribution in [0, 0.1) is 5.92 Å².